The maximum absolute atomic E-state index is 12.7. The lowest BCUT2D eigenvalue weighted by molar-refractivity contribution is -0.128. The summed E-state index contributed by atoms with van der Waals surface area (Å²) < 4.78 is 6.07. The van der Waals surface area contributed by atoms with Crippen molar-refractivity contribution >= 4 is 5.91 Å². The molecule has 1 N–H and O–H groups in total. The summed E-state index contributed by atoms with van der Waals surface area (Å²) in [5, 5.41) is 3.05. The summed E-state index contributed by atoms with van der Waals surface area (Å²) in [5.74, 6) is 0.0395. The highest BCUT2D eigenvalue weighted by molar-refractivity contribution is 5.79. The lowest BCUT2D eigenvalue weighted by atomic mass is 9.99. The summed E-state index contributed by atoms with van der Waals surface area (Å²) in [6.07, 6.45) is 4.49. The molecule has 5 heteroatoms. The second kappa shape index (κ2) is 7.56. The minimum atomic E-state index is -0.0569. The number of nitrogens with one attached hydrogen (secondary N) is 1. The van der Waals surface area contributed by atoms with E-state index in [1.54, 1.807) is 12.4 Å². The van der Waals surface area contributed by atoms with Crippen molar-refractivity contribution in [3.63, 3.8) is 0 Å². The molecule has 3 heterocycles. The van der Waals surface area contributed by atoms with Crippen LogP contribution in [0.3, 0.4) is 0 Å². The summed E-state index contributed by atoms with van der Waals surface area (Å²) in [5.41, 5.74) is 3.69. The largest absolute Gasteiger partial charge is 0.371 e. The third-order valence-electron chi connectivity index (χ3n) is 5.41. The van der Waals surface area contributed by atoms with Crippen LogP contribution in [0, 0.1) is 12.8 Å². The van der Waals surface area contributed by atoms with Gasteiger partial charge in [-0.25, -0.2) is 0 Å². The standard InChI is InChI=1S/C21H25N3O2/c1-15-5-2-3-7-17(15)12-24-13-18-9-19(20(14-24)26-18)21(25)23-11-16-6-4-8-22-10-16/h2-8,10,18-20H,9,11-14H2,1H3,(H,23,25). The van der Waals surface area contributed by atoms with Crippen LogP contribution in [0.2, 0.25) is 0 Å². The van der Waals surface area contributed by atoms with Gasteiger partial charge in [-0.15, -0.1) is 0 Å². The lowest BCUT2D eigenvalue weighted by Crippen LogP contribution is -2.45. The molecule has 136 valence electrons. The molecule has 2 aromatic rings. The lowest BCUT2D eigenvalue weighted by Gasteiger charge is -2.33. The molecule has 26 heavy (non-hydrogen) atoms. The number of pyridine rings is 1. The number of aryl methyl sites for hydroxylation is 1. The Morgan fingerprint density at radius 3 is 2.96 bits per heavy atom. The van der Waals surface area contributed by atoms with E-state index >= 15 is 0 Å². The molecular formula is C21H25N3O2. The molecule has 2 aliphatic rings. The number of rotatable bonds is 5. The quantitative estimate of drug-likeness (QED) is 0.898. The molecule has 0 aliphatic carbocycles. The Kier molecular flexibility index (Phi) is 5.00. The maximum Gasteiger partial charge on any atom is 0.226 e. The van der Waals surface area contributed by atoms with Crippen LogP contribution in [0.5, 0.6) is 0 Å². The Morgan fingerprint density at radius 2 is 2.15 bits per heavy atom. The highest BCUT2D eigenvalue weighted by atomic mass is 16.5. The molecule has 3 atom stereocenters. The highest BCUT2D eigenvalue weighted by Crippen LogP contribution is 2.33. The van der Waals surface area contributed by atoms with Crippen molar-refractivity contribution in [3.8, 4) is 0 Å². The van der Waals surface area contributed by atoms with Crippen LogP contribution >= 0.6 is 0 Å². The van der Waals surface area contributed by atoms with E-state index in [2.05, 4.69) is 46.4 Å². The monoisotopic (exact) mass is 351 g/mol. The van der Waals surface area contributed by atoms with Gasteiger partial charge in [0.2, 0.25) is 5.91 Å². The predicted octanol–water partition coefficient (Wildman–Crippen LogP) is 2.30. The molecule has 3 unspecified atom stereocenters. The number of hydrogen-bond donors (Lipinski definition) is 1. The van der Waals surface area contributed by atoms with E-state index < -0.39 is 0 Å². The number of fused-ring (bicyclic) bond motifs is 2. The van der Waals surface area contributed by atoms with Crippen molar-refractivity contribution in [1.29, 1.82) is 0 Å². The molecule has 1 amide bonds. The molecule has 2 fully saturated rings. The zero-order valence-electron chi connectivity index (χ0n) is 15.1. The molecule has 5 nitrogen and oxygen atoms in total. The van der Waals surface area contributed by atoms with E-state index in [9.17, 15) is 4.79 Å². The first-order chi connectivity index (χ1) is 12.7. The molecule has 0 spiro atoms. The van der Waals surface area contributed by atoms with E-state index in [0.29, 0.717) is 6.54 Å². The molecule has 2 aliphatic heterocycles. The van der Waals surface area contributed by atoms with Gasteiger partial charge in [-0.1, -0.05) is 30.3 Å². The first kappa shape index (κ1) is 17.2. The summed E-state index contributed by atoms with van der Waals surface area (Å²) in [4.78, 5) is 19.2. The number of benzene rings is 1. The van der Waals surface area contributed by atoms with E-state index in [-0.39, 0.29) is 24.0 Å². The van der Waals surface area contributed by atoms with Crippen LogP contribution in [0.15, 0.2) is 48.8 Å². The third-order valence-corrected chi connectivity index (χ3v) is 5.41. The van der Waals surface area contributed by atoms with E-state index in [1.165, 1.54) is 11.1 Å². The van der Waals surface area contributed by atoms with Crippen LogP contribution in [-0.4, -0.2) is 41.1 Å². The highest BCUT2D eigenvalue weighted by Gasteiger charge is 2.44. The number of nitrogens with zero attached hydrogens (tertiary/aromatic N) is 2. The smallest absolute Gasteiger partial charge is 0.226 e. The van der Waals surface area contributed by atoms with Crippen molar-refractivity contribution in [2.75, 3.05) is 13.1 Å². The molecule has 1 aromatic heterocycles. The second-order valence-corrected chi connectivity index (χ2v) is 7.34. The topological polar surface area (TPSA) is 54.5 Å². The van der Waals surface area contributed by atoms with Crippen LogP contribution in [0.1, 0.15) is 23.1 Å². The molecule has 4 rings (SSSR count). The Morgan fingerprint density at radius 1 is 1.27 bits per heavy atom. The minimum Gasteiger partial charge on any atom is -0.371 e. The third kappa shape index (κ3) is 3.79. The van der Waals surface area contributed by atoms with Gasteiger partial charge in [-0.2, -0.15) is 0 Å². The average molecular weight is 351 g/mol. The number of ether oxygens (including phenoxy) is 1. The summed E-state index contributed by atoms with van der Waals surface area (Å²) in [7, 11) is 0. The summed E-state index contributed by atoms with van der Waals surface area (Å²) >= 11 is 0. The van der Waals surface area contributed by atoms with Crippen LogP contribution in [-0.2, 0) is 22.6 Å². The van der Waals surface area contributed by atoms with Crippen molar-refractivity contribution < 1.29 is 9.53 Å². The second-order valence-electron chi connectivity index (χ2n) is 7.34. The first-order valence-electron chi connectivity index (χ1n) is 9.28. The Hall–Kier alpha value is -2.24. The zero-order valence-corrected chi connectivity index (χ0v) is 15.1. The van der Waals surface area contributed by atoms with Gasteiger partial charge in [-0.05, 0) is 36.1 Å². The number of morpholine rings is 1. The first-order valence-corrected chi connectivity index (χ1v) is 9.28. The number of carbonyl (C=O) groups is 1. The number of likely N-dealkylation sites (tertiary alicyclic amines) is 1. The minimum absolute atomic E-state index is 0.00772. The van der Waals surface area contributed by atoms with Gasteiger partial charge in [0.1, 0.15) is 0 Å². The molecule has 1 aromatic carbocycles. The van der Waals surface area contributed by atoms with Crippen LogP contribution in [0.25, 0.3) is 0 Å². The number of amides is 1. The SMILES string of the molecule is Cc1ccccc1CN1CC2CC(C(=O)NCc3cccnc3)C(C1)O2. The van der Waals surface area contributed by atoms with Gasteiger partial charge in [0.05, 0.1) is 18.1 Å². The van der Waals surface area contributed by atoms with Crippen LogP contribution < -0.4 is 5.32 Å². The Bertz CT molecular complexity index is 765. The fourth-order valence-electron chi connectivity index (χ4n) is 3.99. The van der Waals surface area contributed by atoms with Crippen molar-refractivity contribution in [2.45, 2.75) is 38.6 Å². The average Bonchev–Trinajstić information content (AvgIpc) is 2.97. The van der Waals surface area contributed by atoms with Gasteiger partial charge in [-0.3, -0.25) is 14.7 Å². The maximum atomic E-state index is 12.7. The van der Waals surface area contributed by atoms with Crippen molar-refractivity contribution in [1.82, 2.24) is 15.2 Å². The molecule has 0 radical (unpaired) electrons. The molecule has 2 bridgehead atoms. The van der Waals surface area contributed by atoms with E-state index in [0.717, 1.165) is 31.6 Å². The van der Waals surface area contributed by atoms with Gasteiger partial charge in [0.15, 0.2) is 0 Å². The fraction of sp³-hybridized carbons (Fsp3) is 0.429. The summed E-state index contributed by atoms with van der Waals surface area (Å²) in [6, 6.07) is 12.4. The predicted molar refractivity (Wildman–Crippen MR) is 99.3 cm³/mol. The van der Waals surface area contributed by atoms with Gasteiger partial charge < -0.3 is 10.1 Å². The van der Waals surface area contributed by atoms with Crippen LogP contribution in [0.4, 0.5) is 0 Å². The molecular weight excluding hydrogens is 326 g/mol. The van der Waals surface area contributed by atoms with E-state index in [1.807, 2.05) is 12.1 Å². The number of aromatic nitrogens is 1. The van der Waals surface area contributed by atoms with E-state index in [4.69, 9.17) is 4.74 Å². The van der Waals surface area contributed by atoms with Gasteiger partial charge in [0, 0.05) is 38.6 Å². The molecule has 2 saturated heterocycles. The molecule has 0 saturated carbocycles. The normalized spacial score (nSPS) is 25.2. The number of carbonyl (C=O) groups excluding carboxylic acids is 1. The van der Waals surface area contributed by atoms with Gasteiger partial charge in [0.25, 0.3) is 0 Å². The summed E-state index contributed by atoms with van der Waals surface area (Å²) in [6.45, 7) is 5.31. The fourth-order valence-corrected chi connectivity index (χ4v) is 3.99. The van der Waals surface area contributed by atoms with Crippen molar-refractivity contribution in [3.05, 3.63) is 65.5 Å². The van der Waals surface area contributed by atoms with Gasteiger partial charge >= 0.3 is 0 Å². The zero-order chi connectivity index (χ0) is 17.9. The Labute approximate surface area is 154 Å². The number of hydrogen-bond acceptors (Lipinski definition) is 4. The van der Waals surface area contributed by atoms with Crippen molar-refractivity contribution in [2.24, 2.45) is 5.92 Å². The Balaban J connectivity index is 1.35.